The van der Waals surface area contributed by atoms with Gasteiger partial charge in [-0.3, -0.25) is 4.90 Å². The number of carboxylic acids is 1. The Kier molecular flexibility index (Phi) is 4.89. The molecule has 7 heteroatoms. The maximum Gasteiger partial charge on any atom is 0.357 e. The molecule has 2 aromatic rings. The lowest BCUT2D eigenvalue weighted by Gasteiger charge is -2.31. The Balaban J connectivity index is 1.53. The largest absolute Gasteiger partial charge is 0.476 e. The summed E-state index contributed by atoms with van der Waals surface area (Å²) in [4.78, 5) is 16.8. The number of benzene rings is 1. The third-order valence-electron chi connectivity index (χ3n) is 4.39. The van der Waals surface area contributed by atoms with E-state index < -0.39 is 17.6 Å². The molecule has 3 rings (SSSR count). The van der Waals surface area contributed by atoms with Gasteiger partial charge in [0.05, 0.1) is 6.54 Å². The monoisotopic (exact) mass is 336 g/mol. The lowest BCUT2D eigenvalue weighted by molar-refractivity contribution is 0.0690. The molecule has 5 nitrogen and oxygen atoms in total. The summed E-state index contributed by atoms with van der Waals surface area (Å²) in [7, 11) is 0. The zero-order valence-corrected chi connectivity index (χ0v) is 13.0. The van der Waals surface area contributed by atoms with E-state index in [0.29, 0.717) is 18.9 Å². The molecule has 1 aliphatic heterocycles. The number of hydrogen-bond acceptors (Lipinski definition) is 4. The van der Waals surface area contributed by atoms with Crippen molar-refractivity contribution in [3.05, 3.63) is 53.2 Å². The van der Waals surface area contributed by atoms with Crippen LogP contribution in [0.15, 0.2) is 28.9 Å². The Bertz CT molecular complexity index is 704. The Morgan fingerprint density at radius 1 is 1.29 bits per heavy atom. The second-order valence-corrected chi connectivity index (χ2v) is 6.06. The normalized spacial score (nSPS) is 16.4. The fraction of sp³-hybridized carbons (Fsp3) is 0.412. The van der Waals surface area contributed by atoms with Crippen molar-refractivity contribution in [3.8, 4) is 0 Å². The molecule has 1 aliphatic rings. The lowest BCUT2D eigenvalue weighted by atomic mass is 9.90. The van der Waals surface area contributed by atoms with Crippen LogP contribution in [-0.2, 0) is 13.0 Å². The highest BCUT2D eigenvalue weighted by molar-refractivity contribution is 5.84. The van der Waals surface area contributed by atoms with Crippen LogP contribution in [0.1, 0.15) is 34.8 Å². The van der Waals surface area contributed by atoms with Gasteiger partial charge in [0.2, 0.25) is 5.89 Å². The average molecular weight is 336 g/mol. The highest BCUT2D eigenvalue weighted by Gasteiger charge is 2.23. The third-order valence-corrected chi connectivity index (χ3v) is 4.39. The van der Waals surface area contributed by atoms with Crippen molar-refractivity contribution >= 4 is 5.97 Å². The molecule has 0 radical (unpaired) electrons. The van der Waals surface area contributed by atoms with Crippen LogP contribution in [0.5, 0.6) is 0 Å². The molecule has 0 saturated carbocycles. The number of nitrogens with zero attached hydrogens (tertiary/aromatic N) is 2. The van der Waals surface area contributed by atoms with Gasteiger partial charge < -0.3 is 9.52 Å². The third kappa shape index (κ3) is 3.79. The van der Waals surface area contributed by atoms with E-state index in [1.165, 1.54) is 18.2 Å². The minimum absolute atomic E-state index is 0.102. The van der Waals surface area contributed by atoms with Gasteiger partial charge in [-0.05, 0) is 50.4 Å². The molecule has 1 aromatic heterocycles. The van der Waals surface area contributed by atoms with E-state index in [2.05, 4.69) is 9.88 Å². The SMILES string of the molecule is O=C(O)c1coc(CN2CCC(Cc3c(F)cccc3F)CC2)n1. The van der Waals surface area contributed by atoms with Crippen LogP contribution in [0, 0.1) is 17.6 Å². The second-order valence-electron chi connectivity index (χ2n) is 6.06. The first-order valence-electron chi connectivity index (χ1n) is 7.86. The van der Waals surface area contributed by atoms with E-state index in [1.54, 1.807) is 0 Å². The van der Waals surface area contributed by atoms with Gasteiger partial charge >= 0.3 is 5.97 Å². The van der Waals surface area contributed by atoms with Gasteiger partial charge in [0, 0.05) is 5.56 Å². The quantitative estimate of drug-likeness (QED) is 0.909. The van der Waals surface area contributed by atoms with Crippen molar-refractivity contribution < 1.29 is 23.1 Å². The molecule has 0 spiro atoms. The molecule has 0 amide bonds. The van der Waals surface area contributed by atoms with Crippen molar-refractivity contribution in [3.63, 3.8) is 0 Å². The minimum atomic E-state index is -1.12. The van der Waals surface area contributed by atoms with Crippen molar-refractivity contribution in [1.29, 1.82) is 0 Å². The van der Waals surface area contributed by atoms with Gasteiger partial charge in [0.15, 0.2) is 5.69 Å². The standard InChI is InChI=1S/C17H18F2N2O3/c18-13-2-1-3-14(19)12(13)8-11-4-6-21(7-5-11)9-16-20-15(10-24-16)17(22)23/h1-3,10-11H,4-9H2,(H,22,23). The number of piperidine rings is 1. The summed E-state index contributed by atoms with van der Waals surface area (Å²) in [6.45, 7) is 1.95. The number of carbonyl (C=O) groups is 1. The number of aromatic nitrogens is 1. The fourth-order valence-electron chi connectivity index (χ4n) is 3.04. The molecule has 1 N–H and O–H groups in total. The van der Waals surface area contributed by atoms with E-state index in [0.717, 1.165) is 32.2 Å². The van der Waals surface area contributed by atoms with Crippen molar-refractivity contribution in [2.45, 2.75) is 25.8 Å². The van der Waals surface area contributed by atoms with E-state index in [4.69, 9.17) is 9.52 Å². The molecular formula is C17H18F2N2O3. The number of hydrogen-bond donors (Lipinski definition) is 1. The summed E-state index contributed by atoms with van der Waals surface area (Å²) in [6.07, 6.45) is 3.17. The van der Waals surface area contributed by atoms with Gasteiger partial charge in [-0.1, -0.05) is 6.07 Å². The van der Waals surface area contributed by atoms with Crippen LogP contribution < -0.4 is 0 Å². The number of rotatable bonds is 5. The summed E-state index contributed by atoms with van der Waals surface area (Å²) in [5.74, 6) is -1.50. The molecule has 1 aromatic carbocycles. The Hall–Kier alpha value is -2.28. The molecule has 0 bridgehead atoms. The van der Waals surface area contributed by atoms with Crippen LogP contribution in [0.25, 0.3) is 0 Å². The Morgan fingerprint density at radius 2 is 1.96 bits per heavy atom. The predicted octanol–water partition coefficient (Wildman–Crippen LogP) is 3.11. The predicted molar refractivity (Wildman–Crippen MR) is 81.5 cm³/mol. The number of aromatic carboxylic acids is 1. The van der Waals surface area contributed by atoms with Crippen molar-refractivity contribution in [2.75, 3.05) is 13.1 Å². The maximum absolute atomic E-state index is 13.7. The van der Waals surface area contributed by atoms with Crippen LogP contribution >= 0.6 is 0 Å². The van der Waals surface area contributed by atoms with Gasteiger partial charge in [-0.25, -0.2) is 18.6 Å². The molecular weight excluding hydrogens is 318 g/mol. The van der Waals surface area contributed by atoms with E-state index >= 15 is 0 Å². The van der Waals surface area contributed by atoms with Crippen LogP contribution in [0.4, 0.5) is 8.78 Å². The van der Waals surface area contributed by atoms with E-state index in [1.807, 2.05) is 0 Å². The summed E-state index contributed by atoms with van der Waals surface area (Å²) in [5.41, 5.74) is 0.0599. The van der Waals surface area contributed by atoms with Gasteiger partial charge in [0.25, 0.3) is 0 Å². The first-order valence-corrected chi connectivity index (χ1v) is 7.86. The highest BCUT2D eigenvalue weighted by Crippen LogP contribution is 2.25. The van der Waals surface area contributed by atoms with Gasteiger partial charge in [0.1, 0.15) is 17.9 Å². The zero-order chi connectivity index (χ0) is 17.1. The molecule has 24 heavy (non-hydrogen) atoms. The van der Waals surface area contributed by atoms with Crippen LogP contribution in [0.3, 0.4) is 0 Å². The molecule has 128 valence electrons. The first-order chi connectivity index (χ1) is 11.5. The second kappa shape index (κ2) is 7.09. The Morgan fingerprint density at radius 3 is 2.54 bits per heavy atom. The zero-order valence-electron chi connectivity index (χ0n) is 13.0. The van der Waals surface area contributed by atoms with Crippen molar-refractivity contribution in [1.82, 2.24) is 9.88 Å². The number of oxazole rings is 1. The maximum atomic E-state index is 13.7. The molecule has 1 fully saturated rings. The van der Waals surface area contributed by atoms with E-state index in [-0.39, 0.29) is 17.2 Å². The fourth-order valence-corrected chi connectivity index (χ4v) is 3.04. The molecule has 0 atom stereocenters. The summed E-state index contributed by atoms with van der Waals surface area (Å²) >= 11 is 0. The lowest BCUT2D eigenvalue weighted by Crippen LogP contribution is -2.34. The van der Waals surface area contributed by atoms with E-state index in [9.17, 15) is 13.6 Å². The molecule has 1 saturated heterocycles. The number of carboxylic acid groups (broad SMARTS) is 1. The Labute approximate surface area is 137 Å². The summed E-state index contributed by atoms with van der Waals surface area (Å²) in [5, 5.41) is 8.83. The minimum Gasteiger partial charge on any atom is -0.476 e. The number of halogens is 2. The topological polar surface area (TPSA) is 66.6 Å². The van der Waals surface area contributed by atoms with Crippen LogP contribution in [0.2, 0.25) is 0 Å². The summed E-state index contributed by atoms with van der Waals surface area (Å²) in [6, 6.07) is 3.95. The van der Waals surface area contributed by atoms with Gasteiger partial charge in [-0.15, -0.1) is 0 Å². The first kappa shape index (κ1) is 16.6. The molecule has 0 unspecified atom stereocenters. The average Bonchev–Trinajstić information content (AvgIpc) is 3.01. The molecule has 0 aliphatic carbocycles. The number of likely N-dealkylation sites (tertiary alicyclic amines) is 1. The van der Waals surface area contributed by atoms with Crippen LogP contribution in [-0.4, -0.2) is 34.0 Å². The smallest absolute Gasteiger partial charge is 0.357 e. The van der Waals surface area contributed by atoms with Gasteiger partial charge in [-0.2, -0.15) is 0 Å². The van der Waals surface area contributed by atoms with Crippen molar-refractivity contribution in [2.24, 2.45) is 5.92 Å². The highest BCUT2D eigenvalue weighted by atomic mass is 19.1. The summed E-state index contributed by atoms with van der Waals surface area (Å²) < 4.78 is 32.6. The molecule has 2 heterocycles.